The zero-order valence-electron chi connectivity index (χ0n) is 24.9. The number of nitrogens with one attached hydrogen (secondary N) is 1. The number of hydrogen-bond donors (Lipinski definition) is 1. The fourth-order valence-electron chi connectivity index (χ4n) is 4.62. The highest BCUT2D eigenvalue weighted by molar-refractivity contribution is 7.92. The zero-order chi connectivity index (χ0) is 31.6. The van der Waals surface area contributed by atoms with Crippen LogP contribution in [0.1, 0.15) is 37.8 Å². The molecule has 0 fully saturated rings. The van der Waals surface area contributed by atoms with Crippen LogP contribution in [-0.2, 0) is 32.6 Å². The van der Waals surface area contributed by atoms with Crippen LogP contribution in [0.5, 0.6) is 5.75 Å². The largest absolute Gasteiger partial charge is 0.495 e. The van der Waals surface area contributed by atoms with Gasteiger partial charge in [-0.3, -0.25) is 13.9 Å². The highest BCUT2D eigenvalue weighted by atomic mass is 35.5. The van der Waals surface area contributed by atoms with Gasteiger partial charge in [0.2, 0.25) is 21.8 Å². The minimum Gasteiger partial charge on any atom is -0.495 e. The number of carbonyl (C=O) groups is 2. The first-order valence-electron chi connectivity index (χ1n) is 14.1. The number of methoxy groups -OCH3 is 1. The lowest BCUT2D eigenvalue weighted by Crippen LogP contribution is -2.51. The first-order chi connectivity index (χ1) is 20.4. The Balaban J connectivity index is 1.89. The van der Waals surface area contributed by atoms with Crippen molar-refractivity contribution in [3.05, 3.63) is 94.0 Å². The average molecular weight is 649 g/mol. The van der Waals surface area contributed by atoms with Gasteiger partial charge in [0.05, 0.1) is 24.1 Å². The van der Waals surface area contributed by atoms with Crippen molar-refractivity contribution in [3.8, 4) is 5.75 Å². The van der Waals surface area contributed by atoms with Crippen molar-refractivity contribution in [2.75, 3.05) is 30.8 Å². The molecule has 2 amide bonds. The van der Waals surface area contributed by atoms with Crippen molar-refractivity contribution < 1.29 is 22.7 Å². The molecule has 0 saturated heterocycles. The number of nitrogens with zero attached hydrogens (tertiary/aromatic N) is 2. The third kappa shape index (κ3) is 10.4. The Kier molecular flexibility index (Phi) is 12.7. The summed E-state index contributed by atoms with van der Waals surface area (Å²) in [5, 5.41) is 3.79. The first kappa shape index (κ1) is 34.2. The number of amides is 2. The van der Waals surface area contributed by atoms with Crippen LogP contribution in [0.4, 0.5) is 5.69 Å². The number of carbonyl (C=O) groups excluding carboxylic acids is 2. The Hall–Kier alpha value is -3.27. The molecule has 0 radical (unpaired) electrons. The quantitative estimate of drug-likeness (QED) is 0.220. The van der Waals surface area contributed by atoms with Crippen LogP contribution in [0, 0.1) is 5.92 Å². The number of sulfonamides is 1. The molecule has 43 heavy (non-hydrogen) atoms. The van der Waals surface area contributed by atoms with Gasteiger partial charge in [-0.05, 0) is 53.8 Å². The maximum absolute atomic E-state index is 13.9. The molecule has 0 aliphatic rings. The average Bonchev–Trinajstić information content (AvgIpc) is 2.95. The molecule has 0 spiro atoms. The molecule has 3 aromatic rings. The van der Waals surface area contributed by atoms with E-state index in [0.717, 1.165) is 17.4 Å². The van der Waals surface area contributed by atoms with Gasteiger partial charge in [-0.1, -0.05) is 79.5 Å². The van der Waals surface area contributed by atoms with Gasteiger partial charge in [0, 0.05) is 37.5 Å². The van der Waals surface area contributed by atoms with Crippen molar-refractivity contribution >= 4 is 50.7 Å². The first-order valence-corrected chi connectivity index (χ1v) is 16.7. The lowest BCUT2D eigenvalue weighted by Gasteiger charge is -2.32. The summed E-state index contributed by atoms with van der Waals surface area (Å²) in [6.45, 7) is 4.68. The Morgan fingerprint density at radius 2 is 1.65 bits per heavy atom. The van der Waals surface area contributed by atoms with Crippen molar-refractivity contribution in [1.82, 2.24) is 10.2 Å². The van der Waals surface area contributed by atoms with E-state index in [-0.39, 0.29) is 48.7 Å². The van der Waals surface area contributed by atoms with Gasteiger partial charge in [-0.25, -0.2) is 8.42 Å². The third-order valence-corrected chi connectivity index (χ3v) is 8.50. The van der Waals surface area contributed by atoms with Crippen molar-refractivity contribution in [1.29, 1.82) is 0 Å². The maximum Gasteiger partial charge on any atom is 0.243 e. The fraction of sp³-hybridized carbons (Fsp3) is 0.375. The third-order valence-electron chi connectivity index (χ3n) is 6.77. The summed E-state index contributed by atoms with van der Waals surface area (Å²) in [6.07, 6.45) is 1.65. The molecule has 3 rings (SSSR count). The zero-order valence-corrected chi connectivity index (χ0v) is 27.3. The van der Waals surface area contributed by atoms with Crippen LogP contribution in [0.25, 0.3) is 0 Å². The molecule has 1 N–H and O–H groups in total. The summed E-state index contributed by atoms with van der Waals surface area (Å²) in [4.78, 5) is 29.1. The van der Waals surface area contributed by atoms with E-state index < -0.39 is 16.1 Å². The van der Waals surface area contributed by atoms with Gasteiger partial charge in [0.1, 0.15) is 11.8 Å². The van der Waals surface area contributed by atoms with Crippen LogP contribution in [0.2, 0.25) is 10.0 Å². The van der Waals surface area contributed by atoms with Crippen LogP contribution in [0.3, 0.4) is 0 Å². The molecule has 8 nitrogen and oxygen atoms in total. The minimum atomic E-state index is -3.68. The van der Waals surface area contributed by atoms with Gasteiger partial charge >= 0.3 is 0 Å². The number of ether oxygens (including phenoxy) is 1. The van der Waals surface area contributed by atoms with Crippen LogP contribution in [-0.4, -0.2) is 57.6 Å². The highest BCUT2D eigenvalue weighted by Crippen LogP contribution is 2.30. The van der Waals surface area contributed by atoms with Crippen molar-refractivity contribution in [2.45, 2.75) is 45.7 Å². The molecule has 0 saturated carbocycles. The molecular weight excluding hydrogens is 609 g/mol. The van der Waals surface area contributed by atoms with Gasteiger partial charge in [0.25, 0.3) is 0 Å². The van der Waals surface area contributed by atoms with E-state index in [1.165, 1.54) is 17.5 Å². The predicted octanol–water partition coefficient (Wildman–Crippen LogP) is 5.96. The summed E-state index contributed by atoms with van der Waals surface area (Å²) in [5.74, 6) is 0.123. The Morgan fingerprint density at radius 1 is 0.953 bits per heavy atom. The van der Waals surface area contributed by atoms with Crippen LogP contribution >= 0.6 is 23.2 Å². The van der Waals surface area contributed by atoms with E-state index in [1.807, 2.05) is 50.2 Å². The van der Waals surface area contributed by atoms with Gasteiger partial charge in [0.15, 0.2) is 0 Å². The molecular formula is C32H39Cl2N3O5S. The van der Waals surface area contributed by atoms with Crippen molar-refractivity contribution in [2.24, 2.45) is 5.92 Å². The molecule has 3 aromatic carbocycles. The molecule has 1 atom stereocenters. The van der Waals surface area contributed by atoms with E-state index in [2.05, 4.69) is 5.32 Å². The Labute approximate surface area is 265 Å². The highest BCUT2D eigenvalue weighted by Gasteiger charge is 2.30. The standard InChI is InChI=1S/C32H39Cl2N3O5S/c1-23(2)21-35-32(39)29(19-24-10-6-5-7-11-24)36(22-25-12-8-13-26(33)18-25)31(38)14-9-17-37(43(4,40)41)27-15-16-30(42-3)28(34)20-27/h5-8,10-13,15-16,18,20,23,29H,9,14,17,19,21-22H2,1-4H3,(H,35,39)/t29-/m1/s1. The second-order valence-electron chi connectivity index (χ2n) is 10.8. The fourth-order valence-corrected chi connectivity index (χ4v) is 6.04. The SMILES string of the molecule is COc1ccc(N(CCCC(=O)N(Cc2cccc(Cl)c2)[C@H](Cc2ccccc2)C(=O)NCC(C)C)S(C)(=O)=O)cc1Cl. The minimum absolute atomic E-state index is 0.0131. The Bertz CT molecular complexity index is 1490. The normalized spacial score (nSPS) is 12.1. The molecule has 0 aliphatic heterocycles. The molecule has 0 bridgehead atoms. The smallest absolute Gasteiger partial charge is 0.243 e. The molecule has 0 aromatic heterocycles. The molecule has 0 heterocycles. The van der Waals surface area contributed by atoms with Crippen LogP contribution in [0.15, 0.2) is 72.8 Å². The molecule has 0 aliphatic carbocycles. The second-order valence-corrected chi connectivity index (χ2v) is 13.5. The monoisotopic (exact) mass is 647 g/mol. The lowest BCUT2D eigenvalue weighted by molar-refractivity contribution is -0.141. The summed E-state index contributed by atoms with van der Waals surface area (Å²) in [6, 6.07) is 20.6. The number of benzene rings is 3. The van der Waals surface area contributed by atoms with Crippen molar-refractivity contribution in [3.63, 3.8) is 0 Å². The lowest BCUT2D eigenvalue weighted by atomic mass is 10.0. The summed E-state index contributed by atoms with van der Waals surface area (Å²) >= 11 is 12.5. The number of rotatable bonds is 15. The van der Waals surface area contributed by atoms with E-state index in [9.17, 15) is 18.0 Å². The number of hydrogen-bond acceptors (Lipinski definition) is 5. The van der Waals surface area contributed by atoms with Gasteiger partial charge in [-0.2, -0.15) is 0 Å². The number of anilines is 1. The maximum atomic E-state index is 13.9. The topological polar surface area (TPSA) is 96.0 Å². The van der Waals surface area contributed by atoms with E-state index in [0.29, 0.717) is 29.4 Å². The van der Waals surface area contributed by atoms with Crippen LogP contribution < -0.4 is 14.4 Å². The summed E-state index contributed by atoms with van der Waals surface area (Å²) in [5.41, 5.74) is 2.06. The van der Waals surface area contributed by atoms with E-state index >= 15 is 0 Å². The Morgan fingerprint density at radius 3 is 2.26 bits per heavy atom. The predicted molar refractivity (Wildman–Crippen MR) is 173 cm³/mol. The van der Waals surface area contributed by atoms with Gasteiger partial charge in [-0.15, -0.1) is 0 Å². The van der Waals surface area contributed by atoms with Gasteiger partial charge < -0.3 is 15.0 Å². The number of halogens is 2. The van der Waals surface area contributed by atoms with E-state index in [4.69, 9.17) is 27.9 Å². The molecule has 0 unspecified atom stereocenters. The second kappa shape index (κ2) is 16.0. The molecule has 11 heteroatoms. The summed E-state index contributed by atoms with van der Waals surface area (Å²) in [7, 11) is -2.21. The van der Waals surface area contributed by atoms with E-state index in [1.54, 1.807) is 35.2 Å². The molecule has 232 valence electrons. The summed E-state index contributed by atoms with van der Waals surface area (Å²) < 4.78 is 31.8.